The van der Waals surface area contributed by atoms with Crippen LogP contribution >= 0.6 is 0 Å². The highest BCUT2D eigenvalue weighted by molar-refractivity contribution is 5.77. The molecule has 0 radical (unpaired) electrons. The van der Waals surface area contributed by atoms with Crippen molar-refractivity contribution in [3.05, 3.63) is 0 Å². The van der Waals surface area contributed by atoms with Crippen LogP contribution in [0.4, 0.5) is 0 Å². The molecule has 1 fully saturated rings. The second kappa shape index (κ2) is 6.56. The average molecular weight is 243 g/mol. The molecule has 0 spiro atoms. The van der Waals surface area contributed by atoms with E-state index in [1.807, 2.05) is 18.7 Å². The highest BCUT2D eigenvalue weighted by Crippen LogP contribution is 2.04. The van der Waals surface area contributed by atoms with Gasteiger partial charge in [0.25, 0.3) is 0 Å². The molecule has 1 saturated heterocycles. The molecular formula is C11H21N3O3. The normalized spacial score (nSPS) is 21.5. The maximum absolute atomic E-state index is 11.5. The number of hydrogen-bond donors (Lipinski definition) is 3. The predicted molar refractivity (Wildman–Crippen MR) is 63.8 cm³/mol. The average Bonchev–Trinajstić information content (AvgIpc) is 2.25. The van der Waals surface area contributed by atoms with E-state index in [4.69, 9.17) is 5.11 Å². The molecule has 98 valence electrons. The van der Waals surface area contributed by atoms with Gasteiger partial charge in [-0.2, -0.15) is 0 Å². The van der Waals surface area contributed by atoms with Gasteiger partial charge in [0.2, 0.25) is 5.91 Å². The Hall–Kier alpha value is -1.14. The third-order valence-corrected chi connectivity index (χ3v) is 2.72. The molecule has 1 aliphatic heterocycles. The fraction of sp³-hybridized carbons (Fsp3) is 0.818. The fourth-order valence-electron chi connectivity index (χ4n) is 1.90. The zero-order chi connectivity index (χ0) is 12.8. The van der Waals surface area contributed by atoms with Crippen LogP contribution in [0.15, 0.2) is 0 Å². The smallest absolute Gasteiger partial charge is 0.322 e. The lowest BCUT2D eigenvalue weighted by Gasteiger charge is -2.33. The standard InChI is InChI=1S/C11H21N3O3/c1-8(2)13-10(15)3-5-14-6-4-12-7-9(14)11(16)17/h8-9,12H,3-7H2,1-2H3,(H,13,15)(H,16,17). The van der Waals surface area contributed by atoms with Gasteiger partial charge >= 0.3 is 5.97 Å². The van der Waals surface area contributed by atoms with Crippen LogP contribution in [0.3, 0.4) is 0 Å². The van der Waals surface area contributed by atoms with Gasteiger partial charge in [0.15, 0.2) is 0 Å². The lowest BCUT2D eigenvalue weighted by atomic mass is 10.2. The number of aliphatic carboxylic acids is 1. The van der Waals surface area contributed by atoms with E-state index in [9.17, 15) is 9.59 Å². The lowest BCUT2D eigenvalue weighted by Crippen LogP contribution is -2.55. The van der Waals surface area contributed by atoms with Crippen LogP contribution in [-0.4, -0.2) is 60.1 Å². The van der Waals surface area contributed by atoms with Crippen LogP contribution < -0.4 is 10.6 Å². The van der Waals surface area contributed by atoms with E-state index in [0.717, 1.165) is 6.54 Å². The first-order valence-electron chi connectivity index (χ1n) is 5.97. The number of carboxylic acid groups (broad SMARTS) is 1. The van der Waals surface area contributed by atoms with Crippen molar-refractivity contribution in [2.75, 3.05) is 26.2 Å². The van der Waals surface area contributed by atoms with E-state index < -0.39 is 12.0 Å². The van der Waals surface area contributed by atoms with Gasteiger partial charge in [-0.1, -0.05) is 0 Å². The number of piperazine rings is 1. The van der Waals surface area contributed by atoms with Crippen LogP contribution in [0.25, 0.3) is 0 Å². The predicted octanol–water partition coefficient (Wildman–Crippen LogP) is -0.740. The maximum atomic E-state index is 11.5. The zero-order valence-electron chi connectivity index (χ0n) is 10.4. The molecule has 1 unspecified atom stereocenters. The second-order valence-corrected chi connectivity index (χ2v) is 4.57. The van der Waals surface area contributed by atoms with Crippen molar-refractivity contribution in [2.24, 2.45) is 0 Å². The van der Waals surface area contributed by atoms with E-state index in [-0.39, 0.29) is 11.9 Å². The van der Waals surface area contributed by atoms with Crippen LogP contribution in [0.1, 0.15) is 20.3 Å². The number of carboxylic acids is 1. The monoisotopic (exact) mass is 243 g/mol. The van der Waals surface area contributed by atoms with Crippen molar-refractivity contribution in [3.8, 4) is 0 Å². The summed E-state index contributed by atoms with van der Waals surface area (Å²) >= 11 is 0. The first-order valence-corrected chi connectivity index (χ1v) is 5.97. The van der Waals surface area contributed by atoms with Crippen LogP contribution in [0.2, 0.25) is 0 Å². The SMILES string of the molecule is CC(C)NC(=O)CCN1CCNCC1C(=O)O. The quantitative estimate of drug-likeness (QED) is 0.592. The molecule has 1 amide bonds. The summed E-state index contributed by atoms with van der Waals surface area (Å²) in [6, 6.07) is -0.392. The first-order chi connectivity index (χ1) is 8.00. The van der Waals surface area contributed by atoms with Gasteiger partial charge in [-0.25, -0.2) is 0 Å². The summed E-state index contributed by atoms with van der Waals surface area (Å²) in [6.07, 6.45) is 0.349. The minimum atomic E-state index is -0.832. The molecule has 0 saturated carbocycles. The van der Waals surface area contributed by atoms with E-state index >= 15 is 0 Å². The Morgan fingerprint density at radius 1 is 1.53 bits per heavy atom. The summed E-state index contributed by atoms with van der Waals surface area (Å²) in [5.74, 6) is -0.857. The second-order valence-electron chi connectivity index (χ2n) is 4.57. The van der Waals surface area contributed by atoms with E-state index in [0.29, 0.717) is 26.1 Å². The van der Waals surface area contributed by atoms with Crippen LogP contribution in [0, 0.1) is 0 Å². The molecule has 1 rings (SSSR count). The lowest BCUT2D eigenvalue weighted by molar-refractivity contribution is -0.144. The molecule has 6 nitrogen and oxygen atoms in total. The molecule has 1 atom stereocenters. The summed E-state index contributed by atoms with van der Waals surface area (Å²) in [4.78, 5) is 24.3. The number of hydrogen-bond acceptors (Lipinski definition) is 4. The third kappa shape index (κ3) is 4.70. The molecule has 1 aliphatic rings. The Bertz CT molecular complexity index is 281. The Morgan fingerprint density at radius 3 is 2.82 bits per heavy atom. The van der Waals surface area contributed by atoms with Crippen LogP contribution in [-0.2, 0) is 9.59 Å². The number of rotatable bonds is 5. The molecule has 0 aromatic heterocycles. The zero-order valence-corrected chi connectivity index (χ0v) is 10.4. The van der Waals surface area contributed by atoms with Gasteiger partial charge in [0.05, 0.1) is 0 Å². The van der Waals surface area contributed by atoms with Crippen molar-refractivity contribution in [1.82, 2.24) is 15.5 Å². The summed E-state index contributed by atoms with van der Waals surface area (Å²) in [7, 11) is 0. The summed E-state index contributed by atoms with van der Waals surface area (Å²) in [6.45, 7) is 6.20. The number of carbonyl (C=O) groups excluding carboxylic acids is 1. The number of nitrogens with zero attached hydrogens (tertiary/aromatic N) is 1. The summed E-state index contributed by atoms with van der Waals surface area (Å²) in [5, 5.41) is 14.9. The highest BCUT2D eigenvalue weighted by Gasteiger charge is 2.28. The molecule has 0 aromatic rings. The number of nitrogens with one attached hydrogen (secondary N) is 2. The third-order valence-electron chi connectivity index (χ3n) is 2.72. The Labute approximate surface area is 101 Å². The topological polar surface area (TPSA) is 81.7 Å². The van der Waals surface area contributed by atoms with Gasteiger partial charge < -0.3 is 15.7 Å². The molecule has 3 N–H and O–H groups in total. The molecule has 0 aliphatic carbocycles. The molecule has 0 aromatic carbocycles. The van der Waals surface area contributed by atoms with Gasteiger partial charge in [0, 0.05) is 38.6 Å². The summed E-state index contributed by atoms with van der Waals surface area (Å²) in [5.41, 5.74) is 0. The van der Waals surface area contributed by atoms with Crippen molar-refractivity contribution >= 4 is 11.9 Å². The van der Waals surface area contributed by atoms with Gasteiger partial charge in [0.1, 0.15) is 6.04 Å². The van der Waals surface area contributed by atoms with E-state index in [2.05, 4.69) is 10.6 Å². The first kappa shape index (κ1) is 13.9. The van der Waals surface area contributed by atoms with Gasteiger partial charge in [-0.15, -0.1) is 0 Å². The minimum Gasteiger partial charge on any atom is -0.480 e. The number of amides is 1. The Balaban J connectivity index is 2.38. The molecular weight excluding hydrogens is 222 g/mol. The molecule has 1 heterocycles. The van der Waals surface area contributed by atoms with E-state index in [1.165, 1.54) is 0 Å². The van der Waals surface area contributed by atoms with Gasteiger partial charge in [-0.05, 0) is 13.8 Å². The van der Waals surface area contributed by atoms with E-state index in [1.54, 1.807) is 0 Å². The molecule has 0 bridgehead atoms. The number of carbonyl (C=O) groups is 2. The van der Waals surface area contributed by atoms with Crippen molar-refractivity contribution < 1.29 is 14.7 Å². The fourth-order valence-corrected chi connectivity index (χ4v) is 1.90. The van der Waals surface area contributed by atoms with Crippen molar-refractivity contribution in [2.45, 2.75) is 32.4 Å². The van der Waals surface area contributed by atoms with Crippen LogP contribution in [0.5, 0.6) is 0 Å². The molecule has 6 heteroatoms. The summed E-state index contributed by atoms with van der Waals surface area (Å²) < 4.78 is 0. The Kier molecular flexibility index (Phi) is 5.37. The molecule has 17 heavy (non-hydrogen) atoms. The van der Waals surface area contributed by atoms with Crippen molar-refractivity contribution in [3.63, 3.8) is 0 Å². The Morgan fingerprint density at radius 2 is 2.24 bits per heavy atom. The largest absolute Gasteiger partial charge is 0.480 e. The van der Waals surface area contributed by atoms with Gasteiger partial charge in [-0.3, -0.25) is 14.5 Å². The highest BCUT2D eigenvalue weighted by atomic mass is 16.4. The minimum absolute atomic E-state index is 0.0253. The maximum Gasteiger partial charge on any atom is 0.322 e. The van der Waals surface area contributed by atoms with Crippen molar-refractivity contribution in [1.29, 1.82) is 0 Å².